The summed E-state index contributed by atoms with van der Waals surface area (Å²) in [6.07, 6.45) is 2.08. The lowest BCUT2D eigenvalue weighted by molar-refractivity contribution is 0.0984. The number of Topliss-reactive ketones (excluding diaryl/α,β-unsaturated/α-hetero) is 1. The van der Waals surface area contributed by atoms with Crippen molar-refractivity contribution in [2.24, 2.45) is 7.05 Å². The zero-order valence-electron chi connectivity index (χ0n) is 8.11. The number of aromatic nitrogens is 2. The van der Waals surface area contributed by atoms with E-state index in [1.165, 1.54) is 0 Å². The van der Waals surface area contributed by atoms with E-state index in [-0.39, 0.29) is 5.78 Å². The normalized spacial score (nSPS) is 10.5. The number of halogens is 1. The highest BCUT2D eigenvalue weighted by Gasteiger charge is 2.15. The summed E-state index contributed by atoms with van der Waals surface area (Å²) in [7, 11) is 1.77. The zero-order chi connectivity index (χ0) is 10.8. The molecule has 0 fully saturated rings. The third-order valence-corrected chi connectivity index (χ3v) is 3.53. The van der Waals surface area contributed by atoms with Crippen molar-refractivity contribution in [3.05, 3.63) is 38.8 Å². The van der Waals surface area contributed by atoms with Crippen LogP contribution in [0.15, 0.2) is 28.2 Å². The van der Waals surface area contributed by atoms with E-state index in [0.29, 0.717) is 12.1 Å². The van der Waals surface area contributed by atoms with Crippen LogP contribution in [0.4, 0.5) is 0 Å². The number of hydrogen-bond acceptors (Lipinski definition) is 3. The molecule has 0 aliphatic heterocycles. The number of hydrogen-bond donors (Lipinski definition) is 0. The van der Waals surface area contributed by atoms with Crippen molar-refractivity contribution in [3.63, 3.8) is 0 Å². The van der Waals surface area contributed by atoms with E-state index in [1.807, 2.05) is 17.5 Å². The molecular weight excluding hydrogens is 276 g/mol. The molecule has 78 valence electrons. The summed E-state index contributed by atoms with van der Waals surface area (Å²) >= 11 is 4.92. The van der Waals surface area contributed by atoms with Gasteiger partial charge in [0.15, 0.2) is 5.78 Å². The van der Waals surface area contributed by atoms with Crippen molar-refractivity contribution in [2.75, 3.05) is 0 Å². The maximum absolute atomic E-state index is 11.9. The second-order valence-corrected chi connectivity index (χ2v) is 5.03. The van der Waals surface area contributed by atoms with Crippen LogP contribution in [0.25, 0.3) is 0 Å². The predicted octanol–water partition coefficient (Wildman–Crippen LogP) is 2.67. The second-order valence-electron chi connectivity index (χ2n) is 3.14. The molecular formula is C10H9BrN2OS. The van der Waals surface area contributed by atoms with Gasteiger partial charge in [0, 0.05) is 18.3 Å². The van der Waals surface area contributed by atoms with Crippen LogP contribution >= 0.6 is 27.3 Å². The minimum absolute atomic E-state index is 0.0873. The van der Waals surface area contributed by atoms with Gasteiger partial charge in [-0.15, -0.1) is 11.3 Å². The minimum atomic E-state index is 0.0873. The number of rotatable bonds is 3. The molecule has 0 atom stereocenters. The summed E-state index contributed by atoms with van der Waals surface area (Å²) in [5.41, 5.74) is 0.628. The molecule has 0 aliphatic carbocycles. The van der Waals surface area contributed by atoms with Crippen molar-refractivity contribution >= 4 is 33.0 Å². The summed E-state index contributed by atoms with van der Waals surface area (Å²) in [5.74, 6) is 0.0873. The molecule has 2 heterocycles. The van der Waals surface area contributed by atoms with Crippen LogP contribution < -0.4 is 0 Å². The highest BCUT2D eigenvalue weighted by atomic mass is 79.9. The lowest BCUT2D eigenvalue weighted by atomic mass is 10.2. The van der Waals surface area contributed by atoms with Crippen LogP contribution in [0.5, 0.6) is 0 Å². The number of thiophene rings is 1. The molecule has 3 nitrogen and oxygen atoms in total. The molecule has 0 spiro atoms. The monoisotopic (exact) mass is 284 g/mol. The highest BCUT2D eigenvalue weighted by Crippen LogP contribution is 2.19. The summed E-state index contributed by atoms with van der Waals surface area (Å²) in [6.45, 7) is 0. The standard InChI is InChI=1S/C10H9BrN2OS/c1-13-10(8(11)6-12-13)9(14)5-7-3-2-4-15-7/h2-4,6H,5H2,1H3. The number of ketones is 1. The van der Waals surface area contributed by atoms with Gasteiger partial charge in [0.2, 0.25) is 0 Å². The van der Waals surface area contributed by atoms with E-state index in [2.05, 4.69) is 21.0 Å². The molecule has 0 bridgehead atoms. The number of carbonyl (C=O) groups excluding carboxylic acids is 1. The van der Waals surface area contributed by atoms with Crippen LogP contribution in [0.3, 0.4) is 0 Å². The van der Waals surface area contributed by atoms with Crippen molar-refractivity contribution in [1.29, 1.82) is 0 Å². The van der Waals surface area contributed by atoms with Crippen molar-refractivity contribution in [2.45, 2.75) is 6.42 Å². The van der Waals surface area contributed by atoms with Crippen LogP contribution in [-0.4, -0.2) is 15.6 Å². The average molecular weight is 285 g/mol. The SMILES string of the molecule is Cn1ncc(Br)c1C(=O)Cc1cccs1. The van der Waals surface area contributed by atoms with Gasteiger partial charge in [-0.3, -0.25) is 9.48 Å². The molecule has 2 rings (SSSR count). The summed E-state index contributed by atoms with van der Waals surface area (Å²) in [5, 5.41) is 5.99. The van der Waals surface area contributed by atoms with Gasteiger partial charge in [-0.2, -0.15) is 5.10 Å². The predicted molar refractivity (Wildman–Crippen MR) is 63.3 cm³/mol. The summed E-state index contributed by atoms with van der Waals surface area (Å²) in [4.78, 5) is 13.0. The fourth-order valence-corrected chi connectivity index (χ4v) is 2.65. The summed E-state index contributed by atoms with van der Waals surface area (Å²) in [6, 6.07) is 3.92. The van der Waals surface area contributed by atoms with E-state index >= 15 is 0 Å². The quantitative estimate of drug-likeness (QED) is 0.813. The molecule has 0 radical (unpaired) electrons. The first-order valence-corrected chi connectivity index (χ1v) is 6.09. The molecule has 0 saturated carbocycles. The highest BCUT2D eigenvalue weighted by molar-refractivity contribution is 9.10. The molecule has 0 amide bonds. The molecule has 2 aromatic heterocycles. The Morgan fingerprint density at radius 2 is 2.47 bits per heavy atom. The van der Waals surface area contributed by atoms with Crippen molar-refractivity contribution < 1.29 is 4.79 Å². The first-order valence-electron chi connectivity index (χ1n) is 4.41. The number of aryl methyl sites for hydroxylation is 1. The van der Waals surface area contributed by atoms with E-state index < -0.39 is 0 Å². The Balaban J connectivity index is 2.22. The van der Waals surface area contributed by atoms with Crippen molar-refractivity contribution in [1.82, 2.24) is 9.78 Å². The van der Waals surface area contributed by atoms with Gasteiger partial charge in [-0.1, -0.05) is 6.07 Å². The van der Waals surface area contributed by atoms with Gasteiger partial charge in [0.05, 0.1) is 10.7 Å². The Bertz CT molecular complexity index is 456. The molecule has 15 heavy (non-hydrogen) atoms. The number of nitrogens with zero attached hydrogens (tertiary/aromatic N) is 2. The van der Waals surface area contributed by atoms with Crippen LogP contribution in [0.2, 0.25) is 0 Å². The van der Waals surface area contributed by atoms with Crippen LogP contribution in [0, 0.1) is 0 Å². The Labute approximate surface area is 99.9 Å². The van der Waals surface area contributed by atoms with Crippen LogP contribution in [-0.2, 0) is 13.5 Å². The van der Waals surface area contributed by atoms with Gasteiger partial charge in [-0.05, 0) is 27.4 Å². The third kappa shape index (κ3) is 2.18. The maximum Gasteiger partial charge on any atom is 0.187 e. The van der Waals surface area contributed by atoms with E-state index in [9.17, 15) is 4.79 Å². The Hall–Kier alpha value is -0.940. The molecule has 0 unspecified atom stereocenters. The maximum atomic E-state index is 11.9. The Kier molecular flexibility index (Phi) is 3.02. The van der Waals surface area contributed by atoms with Gasteiger partial charge in [-0.25, -0.2) is 0 Å². The Morgan fingerprint density at radius 3 is 3.00 bits per heavy atom. The average Bonchev–Trinajstić information content (AvgIpc) is 2.77. The molecule has 2 aromatic rings. The van der Waals surface area contributed by atoms with E-state index in [1.54, 1.807) is 29.3 Å². The second kappa shape index (κ2) is 4.28. The molecule has 0 aromatic carbocycles. The molecule has 5 heteroatoms. The van der Waals surface area contributed by atoms with Gasteiger partial charge in [0.25, 0.3) is 0 Å². The van der Waals surface area contributed by atoms with Gasteiger partial charge < -0.3 is 0 Å². The summed E-state index contributed by atoms with van der Waals surface area (Å²) < 4.78 is 2.35. The molecule has 0 aliphatic rings. The largest absolute Gasteiger partial charge is 0.292 e. The third-order valence-electron chi connectivity index (χ3n) is 2.07. The smallest absolute Gasteiger partial charge is 0.187 e. The topological polar surface area (TPSA) is 34.9 Å². The first-order chi connectivity index (χ1) is 7.18. The molecule has 0 N–H and O–H groups in total. The minimum Gasteiger partial charge on any atom is -0.292 e. The lowest BCUT2D eigenvalue weighted by Crippen LogP contribution is -2.09. The van der Waals surface area contributed by atoms with Gasteiger partial charge >= 0.3 is 0 Å². The van der Waals surface area contributed by atoms with E-state index in [0.717, 1.165) is 9.35 Å². The number of carbonyl (C=O) groups is 1. The fraction of sp³-hybridized carbons (Fsp3) is 0.200. The zero-order valence-corrected chi connectivity index (χ0v) is 10.5. The van der Waals surface area contributed by atoms with Crippen LogP contribution in [0.1, 0.15) is 15.4 Å². The Morgan fingerprint density at radius 1 is 1.67 bits per heavy atom. The molecule has 0 saturated heterocycles. The fourth-order valence-electron chi connectivity index (χ4n) is 1.38. The van der Waals surface area contributed by atoms with E-state index in [4.69, 9.17) is 0 Å². The van der Waals surface area contributed by atoms with Crippen molar-refractivity contribution in [3.8, 4) is 0 Å². The first kappa shape index (κ1) is 10.6. The van der Waals surface area contributed by atoms with Gasteiger partial charge in [0.1, 0.15) is 5.69 Å². The lowest BCUT2D eigenvalue weighted by Gasteiger charge is -2.00.